The smallest absolute Gasteiger partial charge is 0.255 e. The Morgan fingerprint density at radius 1 is 1.13 bits per heavy atom. The first-order valence-electron chi connectivity index (χ1n) is 12.7. The number of nitrogens with two attached hydrogens (primary N) is 1. The predicted molar refractivity (Wildman–Crippen MR) is 139 cm³/mol. The van der Waals surface area contributed by atoms with E-state index in [0.717, 1.165) is 16.7 Å². The molecule has 0 aliphatic heterocycles. The Balaban J connectivity index is 1.57. The molecule has 0 saturated heterocycles. The second kappa shape index (κ2) is 9.62. The van der Waals surface area contributed by atoms with Crippen molar-refractivity contribution in [3.63, 3.8) is 0 Å². The molecule has 7 N–H and O–H groups in total. The molecule has 3 aliphatic carbocycles. The normalized spacial score (nSPS) is 25.2. The number of aliphatic hydroxyl groups is 3. The monoisotopic (exact) mass is 536 g/mol. The second-order valence-electron chi connectivity index (χ2n) is 10.5. The number of rotatable bonds is 6. The van der Waals surface area contributed by atoms with Crippen LogP contribution in [0.15, 0.2) is 53.3 Å². The van der Waals surface area contributed by atoms with Crippen molar-refractivity contribution in [1.82, 2.24) is 5.32 Å². The third kappa shape index (κ3) is 4.11. The van der Waals surface area contributed by atoms with Crippen molar-refractivity contribution in [2.24, 2.45) is 17.6 Å². The molecule has 1 saturated carbocycles. The van der Waals surface area contributed by atoms with Gasteiger partial charge in [0.1, 0.15) is 29.5 Å². The molecule has 2 aromatic rings. The van der Waals surface area contributed by atoms with Gasteiger partial charge in [-0.3, -0.25) is 14.4 Å². The van der Waals surface area contributed by atoms with Gasteiger partial charge in [-0.05, 0) is 54.0 Å². The lowest BCUT2D eigenvalue weighted by Gasteiger charge is -2.46. The number of phenolic OH excluding ortho intramolecular Hbond substituents is 1. The first-order valence-corrected chi connectivity index (χ1v) is 12.7. The topological polar surface area (TPSA) is 170 Å². The molecule has 1 unspecified atom stereocenters. The Kier molecular flexibility index (Phi) is 6.56. The summed E-state index contributed by atoms with van der Waals surface area (Å²) in [5.41, 5.74) is 4.73. The number of Topliss-reactive ketones (excluding diaryl/α,β-unsaturated/α-hetero) is 2. The summed E-state index contributed by atoms with van der Waals surface area (Å²) in [5.74, 6) is -6.57. The lowest BCUT2D eigenvalue weighted by molar-refractivity contribution is -0.147. The maximum atomic E-state index is 13.6. The van der Waals surface area contributed by atoms with E-state index in [1.165, 1.54) is 6.07 Å². The molecule has 1 amide bonds. The van der Waals surface area contributed by atoms with Gasteiger partial charge in [0, 0.05) is 30.5 Å². The Hall–Kier alpha value is -4.02. The third-order valence-electron chi connectivity index (χ3n) is 8.10. The van der Waals surface area contributed by atoms with Crippen LogP contribution in [0.2, 0.25) is 0 Å². The number of carbonyl (C=O) groups excluding carboxylic acids is 3. The van der Waals surface area contributed by atoms with Gasteiger partial charge in [-0.2, -0.15) is 0 Å². The Bertz CT molecular complexity index is 1460. The minimum absolute atomic E-state index is 0.0437. The van der Waals surface area contributed by atoms with E-state index in [-0.39, 0.29) is 42.2 Å². The summed E-state index contributed by atoms with van der Waals surface area (Å²) in [6.45, 7) is 1.76. The lowest BCUT2D eigenvalue weighted by Crippen LogP contribution is -2.58. The SMILES string of the molecule is CC(CF)NCc1ccc(-c2ccc(O)c3c2C[C@H]2C[C@H]4CC(=O)C(C(N)=O)=C(O)[C@@]4(O)C(=O)C2=C3O)cc1. The number of benzene rings is 2. The van der Waals surface area contributed by atoms with E-state index in [0.29, 0.717) is 12.1 Å². The zero-order valence-corrected chi connectivity index (χ0v) is 21.2. The van der Waals surface area contributed by atoms with E-state index >= 15 is 0 Å². The van der Waals surface area contributed by atoms with Gasteiger partial charge in [-0.1, -0.05) is 30.3 Å². The summed E-state index contributed by atoms with van der Waals surface area (Å²) in [6, 6.07) is 10.4. The molecule has 39 heavy (non-hydrogen) atoms. The Morgan fingerprint density at radius 2 is 1.82 bits per heavy atom. The maximum absolute atomic E-state index is 13.6. The molecule has 4 atom stereocenters. The number of alkyl halides is 1. The number of hydrogen-bond donors (Lipinski definition) is 6. The summed E-state index contributed by atoms with van der Waals surface area (Å²) < 4.78 is 12.8. The summed E-state index contributed by atoms with van der Waals surface area (Å²) >= 11 is 0. The molecule has 0 spiro atoms. The van der Waals surface area contributed by atoms with Crippen molar-refractivity contribution in [2.75, 3.05) is 6.67 Å². The van der Waals surface area contributed by atoms with Crippen molar-refractivity contribution in [3.8, 4) is 16.9 Å². The molecule has 0 radical (unpaired) electrons. The van der Waals surface area contributed by atoms with Crippen molar-refractivity contribution in [1.29, 1.82) is 0 Å². The van der Waals surface area contributed by atoms with Crippen molar-refractivity contribution < 1.29 is 39.2 Å². The quantitative estimate of drug-likeness (QED) is 0.306. The molecule has 1 fully saturated rings. The van der Waals surface area contributed by atoms with Crippen LogP contribution in [0.5, 0.6) is 5.75 Å². The van der Waals surface area contributed by atoms with Gasteiger partial charge in [0.25, 0.3) is 5.91 Å². The highest BCUT2D eigenvalue weighted by atomic mass is 19.1. The highest BCUT2D eigenvalue weighted by Gasteiger charge is 2.60. The molecular formula is C29H29FN2O7. The third-order valence-corrected chi connectivity index (χ3v) is 8.10. The van der Waals surface area contributed by atoms with Crippen LogP contribution in [0.25, 0.3) is 16.9 Å². The zero-order valence-electron chi connectivity index (χ0n) is 21.2. The molecule has 0 heterocycles. The number of hydrogen-bond acceptors (Lipinski definition) is 8. The van der Waals surface area contributed by atoms with Crippen LogP contribution in [0.3, 0.4) is 0 Å². The minimum Gasteiger partial charge on any atom is -0.508 e. The predicted octanol–water partition coefficient (Wildman–Crippen LogP) is 2.54. The van der Waals surface area contributed by atoms with Crippen LogP contribution in [-0.2, 0) is 27.3 Å². The van der Waals surface area contributed by atoms with Crippen LogP contribution in [0.1, 0.15) is 36.5 Å². The molecule has 204 valence electrons. The number of aromatic hydroxyl groups is 1. The number of primary amides is 1. The number of fused-ring (bicyclic) bond motifs is 3. The van der Waals surface area contributed by atoms with Crippen LogP contribution >= 0.6 is 0 Å². The number of aliphatic hydroxyl groups excluding tert-OH is 2. The number of amides is 1. The largest absolute Gasteiger partial charge is 0.508 e. The highest BCUT2D eigenvalue weighted by Crippen LogP contribution is 2.53. The average molecular weight is 537 g/mol. The second-order valence-corrected chi connectivity index (χ2v) is 10.5. The first kappa shape index (κ1) is 26.6. The fourth-order valence-corrected chi connectivity index (χ4v) is 6.04. The van der Waals surface area contributed by atoms with E-state index in [4.69, 9.17) is 5.73 Å². The number of halogens is 1. The van der Waals surface area contributed by atoms with E-state index in [1.54, 1.807) is 13.0 Å². The van der Waals surface area contributed by atoms with Gasteiger partial charge in [-0.25, -0.2) is 4.39 Å². The van der Waals surface area contributed by atoms with Gasteiger partial charge < -0.3 is 31.5 Å². The molecule has 10 heteroatoms. The molecule has 3 aliphatic rings. The van der Waals surface area contributed by atoms with E-state index in [2.05, 4.69) is 5.32 Å². The number of ketones is 2. The van der Waals surface area contributed by atoms with Gasteiger partial charge in [0.2, 0.25) is 5.78 Å². The molecule has 9 nitrogen and oxygen atoms in total. The number of carbonyl (C=O) groups is 3. The summed E-state index contributed by atoms with van der Waals surface area (Å²) in [6.07, 6.45) is -0.0871. The Morgan fingerprint density at radius 3 is 2.46 bits per heavy atom. The summed E-state index contributed by atoms with van der Waals surface area (Å²) in [7, 11) is 0. The zero-order chi connectivity index (χ0) is 28.2. The van der Waals surface area contributed by atoms with Crippen molar-refractivity contribution in [2.45, 2.75) is 44.4 Å². The van der Waals surface area contributed by atoms with Gasteiger partial charge in [0.05, 0.1) is 5.56 Å². The average Bonchev–Trinajstić information content (AvgIpc) is 2.89. The van der Waals surface area contributed by atoms with Crippen LogP contribution in [0, 0.1) is 11.8 Å². The van der Waals surface area contributed by atoms with Crippen molar-refractivity contribution >= 4 is 23.2 Å². The molecule has 5 rings (SSSR count). The van der Waals surface area contributed by atoms with Crippen LogP contribution in [0.4, 0.5) is 4.39 Å². The van der Waals surface area contributed by atoms with E-state index < -0.39 is 58.7 Å². The lowest BCUT2D eigenvalue weighted by atomic mass is 9.59. The summed E-state index contributed by atoms with van der Waals surface area (Å²) in [4.78, 5) is 37.9. The molecular weight excluding hydrogens is 507 g/mol. The van der Waals surface area contributed by atoms with E-state index in [1.807, 2.05) is 24.3 Å². The highest BCUT2D eigenvalue weighted by molar-refractivity contribution is 6.22. The Labute approximate surface area is 223 Å². The van der Waals surface area contributed by atoms with Gasteiger partial charge in [0.15, 0.2) is 11.4 Å². The summed E-state index contributed by atoms with van der Waals surface area (Å²) in [5, 5.41) is 47.1. The maximum Gasteiger partial charge on any atom is 0.255 e. The molecule has 0 aromatic heterocycles. The van der Waals surface area contributed by atoms with E-state index in [9.17, 15) is 39.2 Å². The minimum atomic E-state index is -2.59. The van der Waals surface area contributed by atoms with Crippen LogP contribution in [-0.4, -0.2) is 56.2 Å². The number of phenols is 1. The molecule has 2 aromatic carbocycles. The van der Waals surface area contributed by atoms with Gasteiger partial charge >= 0.3 is 0 Å². The standard InChI is InChI=1S/C29H29FN2O7/c1-13(11-30)32-12-14-2-4-15(5-3-14)18-6-7-20(33)23-19(18)9-16-8-17-10-21(34)24(28(31)38)27(37)29(17,39)26(36)22(16)25(23)35/h2-7,13,16-17,32-33,35,37,39H,8-12H2,1H3,(H2,31,38)/t13?,16-,17+,29+/m1/s1. The van der Waals surface area contributed by atoms with Crippen LogP contribution < -0.4 is 11.1 Å². The molecule has 0 bridgehead atoms. The number of nitrogens with one attached hydrogen (secondary N) is 1. The first-order chi connectivity index (χ1) is 18.5. The van der Waals surface area contributed by atoms with Gasteiger partial charge in [-0.15, -0.1) is 0 Å². The fraction of sp³-hybridized carbons (Fsp3) is 0.345. The van der Waals surface area contributed by atoms with Crippen molar-refractivity contribution in [3.05, 3.63) is 70.0 Å². The fourth-order valence-electron chi connectivity index (χ4n) is 6.04.